The maximum Gasteiger partial charge on any atom is 0.335 e. The number of nitrogens with zero attached hydrogens (tertiary/aromatic N) is 1. The lowest BCUT2D eigenvalue weighted by Crippen LogP contribution is -2.14. The Balaban J connectivity index is 1.69. The van der Waals surface area contributed by atoms with E-state index in [9.17, 15) is 18.0 Å². The van der Waals surface area contributed by atoms with Gasteiger partial charge in [-0.05, 0) is 79.6 Å². The predicted molar refractivity (Wildman–Crippen MR) is 122 cm³/mol. The quantitative estimate of drug-likeness (QED) is 0.469. The molecule has 2 N–H and O–H groups in total. The number of hydrogen-bond donors (Lipinski definition) is 2. The number of anilines is 1. The second-order valence-electron chi connectivity index (χ2n) is 7.55. The number of aryl methyl sites for hydroxylation is 2. The minimum atomic E-state index is -3.85. The SMILES string of the molecule is Cc1cc(C)cc(S(=O)(=O)n2ccc3ccc(C(=O)Nc4ccc(C(=O)O)cc4)cc32)c1. The van der Waals surface area contributed by atoms with Crippen LogP contribution in [0.2, 0.25) is 0 Å². The number of benzene rings is 3. The lowest BCUT2D eigenvalue weighted by molar-refractivity contribution is 0.0696. The smallest absolute Gasteiger partial charge is 0.335 e. The minimum absolute atomic E-state index is 0.110. The molecule has 7 nitrogen and oxygen atoms in total. The molecule has 0 fully saturated rings. The van der Waals surface area contributed by atoms with Gasteiger partial charge in [0.2, 0.25) is 0 Å². The van der Waals surface area contributed by atoms with Gasteiger partial charge in [-0.1, -0.05) is 12.1 Å². The summed E-state index contributed by atoms with van der Waals surface area (Å²) in [5, 5.41) is 12.4. The molecule has 0 saturated carbocycles. The first kappa shape index (κ1) is 21.3. The fourth-order valence-corrected chi connectivity index (χ4v) is 5.08. The van der Waals surface area contributed by atoms with Gasteiger partial charge in [-0.3, -0.25) is 4.79 Å². The molecule has 4 rings (SSSR count). The van der Waals surface area contributed by atoms with Crippen LogP contribution in [0.1, 0.15) is 31.8 Å². The van der Waals surface area contributed by atoms with Crippen LogP contribution < -0.4 is 5.32 Å². The van der Waals surface area contributed by atoms with E-state index < -0.39 is 21.9 Å². The van der Waals surface area contributed by atoms with Crippen LogP contribution in [0, 0.1) is 13.8 Å². The summed E-state index contributed by atoms with van der Waals surface area (Å²) < 4.78 is 27.7. The van der Waals surface area contributed by atoms with Crippen LogP contribution in [0.15, 0.2) is 77.8 Å². The van der Waals surface area contributed by atoms with E-state index in [-0.39, 0.29) is 16.0 Å². The van der Waals surface area contributed by atoms with Crippen LogP contribution in [-0.2, 0) is 10.0 Å². The second kappa shape index (κ2) is 7.97. The zero-order chi connectivity index (χ0) is 23.0. The van der Waals surface area contributed by atoms with Crippen LogP contribution in [0.5, 0.6) is 0 Å². The van der Waals surface area contributed by atoms with Gasteiger partial charge >= 0.3 is 5.97 Å². The van der Waals surface area contributed by atoms with Gasteiger partial charge in [0, 0.05) is 22.8 Å². The summed E-state index contributed by atoms with van der Waals surface area (Å²) in [6.45, 7) is 3.68. The Morgan fingerprint density at radius 3 is 2.09 bits per heavy atom. The van der Waals surface area contributed by atoms with Crippen LogP contribution in [0.3, 0.4) is 0 Å². The van der Waals surface area contributed by atoms with Gasteiger partial charge in [-0.2, -0.15) is 0 Å². The van der Waals surface area contributed by atoms with Crippen LogP contribution >= 0.6 is 0 Å². The Kier molecular flexibility index (Phi) is 5.31. The number of hydrogen-bond acceptors (Lipinski definition) is 4. The molecule has 0 spiro atoms. The van der Waals surface area contributed by atoms with Crippen molar-refractivity contribution in [2.75, 3.05) is 5.32 Å². The number of fused-ring (bicyclic) bond motifs is 1. The normalized spacial score (nSPS) is 11.4. The van der Waals surface area contributed by atoms with Crippen LogP contribution in [-0.4, -0.2) is 29.4 Å². The fraction of sp³-hybridized carbons (Fsp3) is 0.0833. The molecule has 0 radical (unpaired) electrons. The number of nitrogens with one attached hydrogen (secondary N) is 1. The average molecular weight is 449 g/mol. The van der Waals surface area contributed by atoms with E-state index in [1.807, 2.05) is 19.9 Å². The van der Waals surface area contributed by atoms with Crippen LogP contribution in [0.25, 0.3) is 10.9 Å². The zero-order valence-electron chi connectivity index (χ0n) is 17.4. The molecule has 0 aliphatic heterocycles. The van der Waals surface area contributed by atoms with E-state index in [1.54, 1.807) is 30.3 Å². The van der Waals surface area contributed by atoms with Crippen molar-refractivity contribution in [3.05, 3.63) is 95.2 Å². The number of aromatic nitrogens is 1. The first-order chi connectivity index (χ1) is 15.1. The van der Waals surface area contributed by atoms with Crippen molar-refractivity contribution < 1.29 is 23.1 Å². The number of rotatable bonds is 5. The highest BCUT2D eigenvalue weighted by molar-refractivity contribution is 7.90. The molecular formula is C24H20N2O5S. The third-order valence-corrected chi connectivity index (χ3v) is 6.73. The first-order valence-corrected chi connectivity index (χ1v) is 11.2. The van der Waals surface area contributed by atoms with Crippen molar-refractivity contribution in [3.63, 3.8) is 0 Å². The standard InChI is InChI=1S/C24H20N2O5S/c1-15-11-16(2)13-21(12-15)32(30,31)26-10-9-17-3-4-19(14-22(17)26)23(27)25-20-7-5-18(6-8-20)24(28)29/h3-14H,1-2H3,(H,25,27)(H,28,29). The molecule has 32 heavy (non-hydrogen) atoms. The van der Waals surface area contributed by atoms with Crippen molar-refractivity contribution >= 4 is 38.5 Å². The van der Waals surface area contributed by atoms with Gasteiger partial charge in [0.15, 0.2) is 0 Å². The van der Waals surface area contributed by atoms with Gasteiger partial charge in [-0.15, -0.1) is 0 Å². The van der Waals surface area contributed by atoms with E-state index in [0.29, 0.717) is 16.6 Å². The summed E-state index contributed by atoms with van der Waals surface area (Å²) in [6.07, 6.45) is 1.48. The zero-order valence-corrected chi connectivity index (χ0v) is 18.2. The first-order valence-electron chi connectivity index (χ1n) is 9.75. The Morgan fingerprint density at radius 1 is 0.844 bits per heavy atom. The highest BCUT2D eigenvalue weighted by Crippen LogP contribution is 2.25. The van der Waals surface area contributed by atoms with Crippen molar-refractivity contribution in [1.82, 2.24) is 3.97 Å². The third-order valence-electron chi connectivity index (χ3n) is 5.06. The maximum atomic E-state index is 13.3. The molecule has 8 heteroatoms. The van der Waals surface area contributed by atoms with Gasteiger partial charge in [0.05, 0.1) is 16.0 Å². The molecule has 1 amide bonds. The summed E-state index contributed by atoms with van der Waals surface area (Å²) in [4.78, 5) is 23.9. The van der Waals surface area contributed by atoms with Gasteiger partial charge in [-0.25, -0.2) is 17.2 Å². The highest BCUT2D eigenvalue weighted by Gasteiger charge is 2.20. The van der Waals surface area contributed by atoms with Gasteiger partial charge in [0.1, 0.15) is 0 Å². The topological polar surface area (TPSA) is 105 Å². The molecule has 0 atom stereocenters. The lowest BCUT2D eigenvalue weighted by Gasteiger charge is -2.11. The number of carboxylic acids is 1. The molecule has 1 heterocycles. The molecule has 0 aliphatic rings. The largest absolute Gasteiger partial charge is 0.478 e. The highest BCUT2D eigenvalue weighted by atomic mass is 32.2. The summed E-state index contributed by atoms with van der Waals surface area (Å²) >= 11 is 0. The minimum Gasteiger partial charge on any atom is -0.478 e. The Bertz CT molecular complexity index is 1450. The number of carboxylic acid groups (broad SMARTS) is 1. The van der Waals surface area contributed by atoms with E-state index in [1.165, 1.54) is 40.5 Å². The Morgan fingerprint density at radius 2 is 1.47 bits per heavy atom. The number of carbonyl (C=O) groups is 2. The molecule has 1 aromatic heterocycles. The average Bonchev–Trinajstić information content (AvgIpc) is 3.17. The summed E-state index contributed by atoms with van der Waals surface area (Å²) in [5.74, 6) is -1.49. The Labute approximate surface area is 185 Å². The summed E-state index contributed by atoms with van der Waals surface area (Å²) in [6, 6.07) is 17.4. The van der Waals surface area contributed by atoms with Crippen molar-refractivity contribution in [3.8, 4) is 0 Å². The predicted octanol–water partition coefficient (Wildman–Crippen LogP) is 4.45. The van der Waals surface area contributed by atoms with Crippen molar-refractivity contribution in [1.29, 1.82) is 0 Å². The number of carbonyl (C=O) groups excluding carboxylic acids is 1. The molecular weight excluding hydrogens is 428 g/mol. The Hall–Kier alpha value is -3.91. The molecule has 162 valence electrons. The molecule has 0 bridgehead atoms. The summed E-state index contributed by atoms with van der Waals surface area (Å²) in [7, 11) is -3.85. The number of amides is 1. The number of aromatic carboxylic acids is 1. The third kappa shape index (κ3) is 4.00. The molecule has 0 unspecified atom stereocenters. The van der Waals surface area contributed by atoms with Gasteiger partial charge in [0.25, 0.3) is 15.9 Å². The monoisotopic (exact) mass is 448 g/mol. The van der Waals surface area contributed by atoms with E-state index in [4.69, 9.17) is 5.11 Å². The maximum absolute atomic E-state index is 13.3. The van der Waals surface area contributed by atoms with E-state index in [2.05, 4.69) is 5.32 Å². The van der Waals surface area contributed by atoms with Gasteiger partial charge < -0.3 is 10.4 Å². The fourth-order valence-electron chi connectivity index (χ4n) is 3.55. The summed E-state index contributed by atoms with van der Waals surface area (Å²) in [5.41, 5.74) is 2.88. The van der Waals surface area contributed by atoms with Crippen molar-refractivity contribution in [2.45, 2.75) is 18.7 Å². The molecule has 4 aromatic rings. The molecule has 3 aromatic carbocycles. The lowest BCUT2D eigenvalue weighted by atomic mass is 10.1. The van der Waals surface area contributed by atoms with Crippen molar-refractivity contribution in [2.24, 2.45) is 0 Å². The molecule has 0 saturated heterocycles. The molecule has 0 aliphatic carbocycles. The second-order valence-corrected chi connectivity index (χ2v) is 9.37. The van der Waals surface area contributed by atoms with Crippen LogP contribution in [0.4, 0.5) is 5.69 Å². The van der Waals surface area contributed by atoms with E-state index in [0.717, 1.165) is 11.1 Å². The van der Waals surface area contributed by atoms with E-state index >= 15 is 0 Å².